The van der Waals surface area contributed by atoms with Crippen LogP contribution < -0.4 is 14.5 Å². The van der Waals surface area contributed by atoms with E-state index >= 15 is 0 Å². The first-order chi connectivity index (χ1) is 18.4. The molecule has 188 valence electrons. The Labute approximate surface area is 227 Å². The van der Waals surface area contributed by atoms with Crippen molar-refractivity contribution in [3.8, 4) is 5.75 Å². The first-order valence-corrected chi connectivity index (χ1v) is 12.7. The zero-order valence-electron chi connectivity index (χ0n) is 21.1. The second-order valence-corrected chi connectivity index (χ2v) is 9.43. The van der Waals surface area contributed by atoms with E-state index in [1.54, 1.807) is 30.3 Å². The Kier molecular flexibility index (Phi) is 7.15. The number of anilines is 2. The summed E-state index contributed by atoms with van der Waals surface area (Å²) in [5.41, 5.74) is 5.48. The molecule has 0 unspecified atom stereocenters. The number of hydrogen-bond donors (Lipinski definition) is 0. The minimum Gasteiger partial charge on any atom is -0.489 e. The molecule has 0 atom stereocenters. The first kappa shape index (κ1) is 25.1. The van der Waals surface area contributed by atoms with Crippen molar-refractivity contribution < 1.29 is 14.3 Å². The Morgan fingerprint density at radius 3 is 1.79 bits per heavy atom. The molecule has 1 heterocycles. The van der Waals surface area contributed by atoms with Crippen molar-refractivity contribution in [2.75, 3.05) is 9.80 Å². The number of ether oxygens (including phenoxy) is 1. The molecule has 1 aliphatic rings. The molecule has 0 bridgehead atoms. The number of thiocarbonyl (C=S) groups is 1. The summed E-state index contributed by atoms with van der Waals surface area (Å²) < 4.78 is 5.95. The number of carbonyl (C=O) groups is 2. The zero-order valence-corrected chi connectivity index (χ0v) is 21.9. The summed E-state index contributed by atoms with van der Waals surface area (Å²) in [6.45, 7) is 4.62. The van der Waals surface area contributed by atoms with Crippen LogP contribution in [0.4, 0.5) is 11.4 Å². The highest BCUT2D eigenvalue weighted by molar-refractivity contribution is 7.81. The largest absolute Gasteiger partial charge is 0.489 e. The van der Waals surface area contributed by atoms with Crippen LogP contribution in [0.15, 0.2) is 109 Å². The van der Waals surface area contributed by atoms with Crippen LogP contribution in [-0.4, -0.2) is 16.9 Å². The van der Waals surface area contributed by atoms with E-state index in [0.29, 0.717) is 29.3 Å². The van der Waals surface area contributed by atoms with Crippen LogP contribution >= 0.6 is 12.2 Å². The van der Waals surface area contributed by atoms with Gasteiger partial charge in [-0.2, -0.15) is 0 Å². The molecule has 2 amide bonds. The molecule has 0 spiro atoms. The highest BCUT2D eigenvalue weighted by Gasteiger charge is 2.41. The van der Waals surface area contributed by atoms with Crippen molar-refractivity contribution in [2.45, 2.75) is 20.5 Å². The number of carbonyl (C=O) groups excluding carboxylic acids is 2. The highest BCUT2D eigenvalue weighted by Crippen LogP contribution is 2.30. The van der Waals surface area contributed by atoms with Gasteiger partial charge in [0.05, 0.1) is 11.4 Å². The van der Waals surface area contributed by atoms with Crippen LogP contribution in [-0.2, 0) is 16.2 Å². The van der Waals surface area contributed by atoms with Gasteiger partial charge in [0.1, 0.15) is 17.9 Å². The smallest absolute Gasteiger partial charge is 0.270 e. The van der Waals surface area contributed by atoms with E-state index < -0.39 is 11.8 Å². The van der Waals surface area contributed by atoms with Crippen LogP contribution in [0.25, 0.3) is 6.08 Å². The summed E-state index contributed by atoms with van der Waals surface area (Å²) >= 11 is 5.65. The van der Waals surface area contributed by atoms with Gasteiger partial charge in [0.25, 0.3) is 11.8 Å². The van der Waals surface area contributed by atoms with Gasteiger partial charge >= 0.3 is 0 Å². The van der Waals surface area contributed by atoms with Crippen LogP contribution in [0, 0.1) is 13.8 Å². The van der Waals surface area contributed by atoms with Gasteiger partial charge in [-0.3, -0.25) is 19.4 Å². The number of benzene rings is 4. The minimum atomic E-state index is -0.464. The molecule has 5 nitrogen and oxygen atoms in total. The predicted molar refractivity (Wildman–Crippen MR) is 155 cm³/mol. The predicted octanol–water partition coefficient (Wildman–Crippen LogP) is 6.63. The lowest BCUT2D eigenvalue weighted by Crippen LogP contribution is -2.56. The molecule has 0 aliphatic carbocycles. The third kappa shape index (κ3) is 5.12. The van der Waals surface area contributed by atoms with E-state index in [4.69, 9.17) is 17.0 Å². The molecule has 0 aromatic heterocycles. The molecule has 1 aliphatic heterocycles. The summed E-state index contributed by atoms with van der Waals surface area (Å²) in [6, 6.07) is 31.8. The molecule has 4 aromatic carbocycles. The number of para-hydroxylation sites is 2. The Morgan fingerprint density at radius 2 is 1.26 bits per heavy atom. The number of nitrogens with zero attached hydrogens (tertiary/aromatic N) is 2. The molecule has 6 heteroatoms. The lowest BCUT2D eigenvalue weighted by atomic mass is 10.0. The topological polar surface area (TPSA) is 49.9 Å². The van der Waals surface area contributed by atoms with Crippen LogP contribution in [0.5, 0.6) is 5.75 Å². The molecule has 0 saturated carbocycles. The molecule has 1 saturated heterocycles. The van der Waals surface area contributed by atoms with Crippen LogP contribution in [0.1, 0.15) is 22.3 Å². The van der Waals surface area contributed by atoms with Crippen molar-refractivity contribution in [2.24, 2.45) is 0 Å². The summed E-state index contributed by atoms with van der Waals surface area (Å²) in [6.07, 6.45) is 1.60. The average molecular weight is 519 g/mol. The Hall–Kier alpha value is -4.55. The Balaban J connectivity index is 1.43. The van der Waals surface area contributed by atoms with Crippen LogP contribution in [0.2, 0.25) is 0 Å². The van der Waals surface area contributed by atoms with E-state index in [9.17, 15) is 9.59 Å². The van der Waals surface area contributed by atoms with Gasteiger partial charge < -0.3 is 4.74 Å². The quantitative estimate of drug-likeness (QED) is 0.163. The number of hydrogen-bond acceptors (Lipinski definition) is 4. The lowest BCUT2D eigenvalue weighted by molar-refractivity contribution is -0.120. The number of amides is 2. The molecule has 4 aromatic rings. The molecule has 0 radical (unpaired) electrons. The molecule has 5 rings (SSSR count). The fourth-order valence-corrected chi connectivity index (χ4v) is 4.60. The average Bonchev–Trinajstić information content (AvgIpc) is 2.94. The van der Waals surface area contributed by atoms with Crippen molar-refractivity contribution in [1.29, 1.82) is 0 Å². The summed E-state index contributed by atoms with van der Waals surface area (Å²) in [4.78, 5) is 30.0. The normalized spacial score (nSPS) is 13.6. The van der Waals surface area contributed by atoms with E-state index in [1.165, 1.54) is 20.9 Å². The maximum atomic E-state index is 13.6. The maximum Gasteiger partial charge on any atom is 0.270 e. The van der Waals surface area contributed by atoms with Crippen molar-refractivity contribution in [3.63, 3.8) is 0 Å². The van der Waals surface area contributed by atoms with E-state index in [0.717, 1.165) is 5.56 Å². The van der Waals surface area contributed by atoms with E-state index in [-0.39, 0.29) is 10.7 Å². The summed E-state index contributed by atoms with van der Waals surface area (Å²) in [5.74, 6) is -0.230. The van der Waals surface area contributed by atoms with Crippen molar-refractivity contribution in [3.05, 3.63) is 131 Å². The molecular formula is C32H26N2O3S. The third-order valence-corrected chi connectivity index (χ3v) is 6.81. The highest BCUT2D eigenvalue weighted by atomic mass is 32.1. The van der Waals surface area contributed by atoms with E-state index in [2.05, 4.69) is 32.0 Å². The number of aryl methyl sites for hydroxylation is 2. The monoisotopic (exact) mass is 518 g/mol. The van der Waals surface area contributed by atoms with Crippen LogP contribution in [0.3, 0.4) is 0 Å². The number of rotatable bonds is 6. The third-order valence-electron chi connectivity index (χ3n) is 6.45. The van der Waals surface area contributed by atoms with Gasteiger partial charge in [0.15, 0.2) is 5.11 Å². The van der Waals surface area contributed by atoms with Crippen molar-refractivity contribution >= 4 is 46.6 Å². The SMILES string of the molecule is Cc1ccc(COc2ccc(C=C3C(=O)N(c4ccccc4)C(=S)N(c4ccccc4)C3=O)cc2)cc1C. The van der Waals surface area contributed by atoms with Crippen molar-refractivity contribution in [1.82, 2.24) is 0 Å². The maximum absolute atomic E-state index is 13.6. The molecule has 1 fully saturated rings. The van der Waals surface area contributed by atoms with Gasteiger partial charge in [-0.15, -0.1) is 0 Å². The standard InChI is InChI=1S/C32H26N2O3S/c1-22-13-14-25(19-23(22)2)21-37-28-17-15-24(16-18-28)20-29-30(35)33(26-9-5-3-6-10-26)32(38)34(31(29)36)27-11-7-4-8-12-27/h3-20H,21H2,1-2H3. The fraction of sp³-hybridized carbons (Fsp3) is 0.0938. The second-order valence-electron chi connectivity index (χ2n) is 9.07. The molecule has 38 heavy (non-hydrogen) atoms. The van der Waals surface area contributed by atoms with Gasteiger partial charge in [-0.25, -0.2) is 0 Å². The Bertz CT molecular complexity index is 1470. The van der Waals surface area contributed by atoms with Gasteiger partial charge in [-0.05, 0) is 90.8 Å². The zero-order chi connectivity index (χ0) is 26.6. The Morgan fingerprint density at radius 1 is 0.711 bits per heavy atom. The van der Waals surface area contributed by atoms with Gasteiger partial charge in [0.2, 0.25) is 0 Å². The fourth-order valence-electron chi connectivity index (χ4n) is 4.23. The molecular weight excluding hydrogens is 492 g/mol. The summed E-state index contributed by atoms with van der Waals surface area (Å²) in [7, 11) is 0. The van der Waals surface area contributed by atoms with E-state index in [1.807, 2.05) is 60.7 Å². The second kappa shape index (κ2) is 10.8. The van der Waals surface area contributed by atoms with Gasteiger partial charge in [-0.1, -0.05) is 66.7 Å². The molecule has 0 N–H and O–H groups in total. The van der Waals surface area contributed by atoms with Gasteiger partial charge in [0, 0.05) is 0 Å². The summed E-state index contributed by atoms with van der Waals surface area (Å²) in [5, 5.41) is 0.115. The first-order valence-electron chi connectivity index (χ1n) is 12.3. The minimum absolute atomic E-state index is 0.0232. The lowest BCUT2D eigenvalue weighted by Gasteiger charge is -2.36.